The Labute approximate surface area is 110 Å². The summed E-state index contributed by atoms with van der Waals surface area (Å²) in [5.41, 5.74) is 2.61. The molecule has 3 heteroatoms. The Morgan fingerprint density at radius 2 is 2.00 bits per heavy atom. The molecule has 0 atom stereocenters. The van der Waals surface area contributed by atoms with Crippen LogP contribution < -0.4 is 5.32 Å². The molecule has 0 unspecified atom stereocenters. The maximum absolute atomic E-state index is 5.15. The maximum Gasteiger partial charge on any atom is 0.0503 e. The molecule has 0 aliphatic carbocycles. The van der Waals surface area contributed by atoms with Gasteiger partial charge >= 0.3 is 0 Å². The Kier molecular flexibility index (Phi) is 5.49. The third-order valence-corrected chi connectivity index (χ3v) is 3.54. The number of nitrogens with zero attached hydrogens (tertiary/aromatic N) is 1. The zero-order valence-electron chi connectivity index (χ0n) is 11.3. The molecular formula is C15H24N2O. The number of rotatable bonds is 7. The van der Waals surface area contributed by atoms with Gasteiger partial charge < -0.3 is 15.0 Å². The van der Waals surface area contributed by atoms with Gasteiger partial charge in [0.2, 0.25) is 0 Å². The number of benzene rings is 1. The van der Waals surface area contributed by atoms with Crippen LogP contribution in [0.25, 0.3) is 0 Å². The lowest BCUT2D eigenvalue weighted by Gasteiger charge is -2.17. The van der Waals surface area contributed by atoms with Crippen molar-refractivity contribution in [3.05, 3.63) is 29.8 Å². The van der Waals surface area contributed by atoms with Crippen molar-refractivity contribution in [2.24, 2.45) is 0 Å². The van der Waals surface area contributed by atoms with Crippen LogP contribution in [0.4, 0.5) is 5.69 Å². The Morgan fingerprint density at radius 3 is 2.78 bits per heavy atom. The van der Waals surface area contributed by atoms with E-state index < -0.39 is 0 Å². The Balaban J connectivity index is 1.79. The summed E-state index contributed by atoms with van der Waals surface area (Å²) in [6, 6.07) is 8.53. The van der Waals surface area contributed by atoms with Crippen LogP contribution in [0.5, 0.6) is 0 Å². The first kappa shape index (κ1) is 13.4. The molecule has 1 heterocycles. The Hall–Kier alpha value is -1.06. The molecule has 3 nitrogen and oxygen atoms in total. The van der Waals surface area contributed by atoms with E-state index in [1.54, 1.807) is 7.11 Å². The van der Waals surface area contributed by atoms with Gasteiger partial charge in [0.05, 0.1) is 6.61 Å². The summed E-state index contributed by atoms with van der Waals surface area (Å²) in [5.74, 6) is 0. The number of nitrogens with one attached hydrogen (secondary N) is 1. The van der Waals surface area contributed by atoms with E-state index >= 15 is 0 Å². The number of likely N-dealkylation sites (tertiary alicyclic amines) is 1. The molecule has 0 radical (unpaired) electrons. The molecule has 1 saturated heterocycles. The van der Waals surface area contributed by atoms with E-state index in [2.05, 4.69) is 34.5 Å². The Morgan fingerprint density at radius 1 is 1.22 bits per heavy atom. The largest absolute Gasteiger partial charge is 0.384 e. The van der Waals surface area contributed by atoms with Crippen molar-refractivity contribution in [1.82, 2.24) is 4.90 Å². The summed E-state index contributed by atoms with van der Waals surface area (Å²) >= 11 is 0. The number of anilines is 1. The van der Waals surface area contributed by atoms with Crippen molar-refractivity contribution in [3.63, 3.8) is 0 Å². The number of para-hydroxylation sites is 1. The standard InChI is InChI=1S/C15H24N2O/c1-18-13-8-14-6-2-3-7-15(14)16-9-12-17-10-4-5-11-17/h2-3,6-7,16H,4-5,8-13H2,1H3. The predicted octanol–water partition coefficient (Wildman–Crippen LogP) is 2.38. The number of ether oxygens (including phenoxy) is 1. The predicted molar refractivity (Wildman–Crippen MR) is 76.2 cm³/mol. The molecule has 1 N–H and O–H groups in total. The zero-order chi connectivity index (χ0) is 12.6. The van der Waals surface area contributed by atoms with Crippen LogP contribution in [0.2, 0.25) is 0 Å². The molecular weight excluding hydrogens is 224 g/mol. The summed E-state index contributed by atoms with van der Waals surface area (Å²) in [4.78, 5) is 2.53. The first-order valence-electron chi connectivity index (χ1n) is 6.93. The van der Waals surface area contributed by atoms with Crippen molar-refractivity contribution < 1.29 is 4.74 Å². The number of methoxy groups -OCH3 is 1. The fourth-order valence-electron chi connectivity index (χ4n) is 2.48. The van der Waals surface area contributed by atoms with Crippen LogP contribution in [0, 0.1) is 0 Å². The maximum atomic E-state index is 5.15. The van der Waals surface area contributed by atoms with Crippen LogP contribution in [0.1, 0.15) is 18.4 Å². The van der Waals surface area contributed by atoms with Gasteiger partial charge in [0.1, 0.15) is 0 Å². The van der Waals surface area contributed by atoms with Crippen LogP contribution in [0.15, 0.2) is 24.3 Å². The van der Waals surface area contributed by atoms with E-state index in [1.807, 2.05) is 0 Å². The topological polar surface area (TPSA) is 24.5 Å². The normalized spacial score (nSPS) is 16.1. The van der Waals surface area contributed by atoms with Gasteiger partial charge in [-0.3, -0.25) is 0 Å². The van der Waals surface area contributed by atoms with Crippen LogP contribution in [-0.2, 0) is 11.2 Å². The van der Waals surface area contributed by atoms with E-state index in [0.717, 1.165) is 26.1 Å². The number of hydrogen-bond donors (Lipinski definition) is 1. The molecule has 1 aromatic rings. The van der Waals surface area contributed by atoms with E-state index in [-0.39, 0.29) is 0 Å². The molecule has 1 aromatic carbocycles. The van der Waals surface area contributed by atoms with Gasteiger partial charge in [-0.2, -0.15) is 0 Å². The average Bonchev–Trinajstić information content (AvgIpc) is 2.91. The van der Waals surface area contributed by atoms with Gasteiger partial charge in [0, 0.05) is 25.9 Å². The third kappa shape index (κ3) is 4.00. The van der Waals surface area contributed by atoms with Crippen molar-refractivity contribution in [1.29, 1.82) is 0 Å². The third-order valence-electron chi connectivity index (χ3n) is 3.54. The van der Waals surface area contributed by atoms with Crippen molar-refractivity contribution in [3.8, 4) is 0 Å². The van der Waals surface area contributed by atoms with Crippen LogP contribution >= 0.6 is 0 Å². The highest BCUT2D eigenvalue weighted by Gasteiger charge is 2.10. The lowest BCUT2D eigenvalue weighted by Crippen LogP contribution is -2.26. The lowest BCUT2D eigenvalue weighted by atomic mass is 10.1. The first-order chi connectivity index (χ1) is 8.90. The van der Waals surface area contributed by atoms with Crippen LogP contribution in [-0.4, -0.2) is 44.8 Å². The number of hydrogen-bond acceptors (Lipinski definition) is 3. The molecule has 0 spiro atoms. The van der Waals surface area contributed by atoms with E-state index in [9.17, 15) is 0 Å². The molecule has 0 amide bonds. The molecule has 18 heavy (non-hydrogen) atoms. The quantitative estimate of drug-likeness (QED) is 0.802. The molecule has 1 aliphatic heterocycles. The monoisotopic (exact) mass is 248 g/mol. The average molecular weight is 248 g/mol. The second-order valence-electron chi connectivity index (χ2n) is 4.88. The molecule has 0 bridgehead atoms. The smallest absolute Gasteiger partial charge is 0.0503 e. The van der Waals surface area contributed by atoms with E-state index in [4.69, 9.17) is 4.74 Å². The summed E-state index contributed by atoms with van der Waals surface area (Å²) in [6.45, 7) is 5.51. The first-order valence-corrected chi connectivity index (χ1v) is 6.93. The van der Waals surface area contributed by atoms with Gasteiger partial charge in [-0.15, -0.1) is 0 Å². The minimum absolute atomic E-state index is 0.783. The SMILES string of the molecule is COCCc1ccccc1NCCN1CCCC1. The molecule has 0 saturated carbocycles. The summed E-state index contributed by atoms with van der Waals surface area (Å²) in [7, 11) is 1.75. The molecule has 1 aliphatic rings. The molecule has 0 aromatic heterocycles. The van der Waals surface area contributed by atoms with Crippen molar-refractivity contribution in [2.75, 3.05) is 45.2 Å². The minimum Gasteiger partial charge on any atom is -0.384 e. The van der Waals surface area contributed by atoms with Gasteiger partial charge in [-0.25, -0.2) is 0 Å². The Bertz CT molecular complexity index is 348. The molecule has 100 valence electrons. The van der Waals surface area contributed by atoms with Gasteiger partial charge in [-0.05, 0) is 44.0 Å². The highest BCUT2D eigenvalue weighted by atomic mass is 16.5. The second kappa shape index (κ2) is 7.39. The van der Waals surface area contributed by atoms with Crippen molar-refractivity contribution >= 4 is 5.69 Å². The highest BCUT2D eigenvalue weighted by molar-refractivity contribution is 5.51. The second-order valence-corrected chi connectivity index (χ2v) is 4.88. The highest BCUT2D eigenvalue weighted by Crippen LogP contribution is 2.15. The minimum atomic E-state index is 0.783. The molecule has 1 fully saturated rings. The summed E-state index contributed by atoms with van der Waals surface area (Å²) < 4.78 is 5.15. The van der Waals surface area contributed by atoms with Gasteiger partial charge in [0.25, 0.3) is 0 Å². The van der Waals surface area contributed by atoms with Crippen molar-refractivity contribution in [2.45, 2.75) is 19.3 Å². The van der Waals surface area contributed by atoms with Gasteiger partial charge in [0.15, 0.2) is 0 Å². The fourth-order valence-corrected chi connectivity index (χ4v) is 2.48. The van der Waals surface area contributed by atoms with Gasteiger partial charge in [-0.1, -0.05) is 18.2 Å². The zero-order valence-corrected chi connectivity index (χ0v) is 11.3. The molecule has 2 rings (SSSR count). The lowest BCUT2D eigenvalue weighted by molar-refractivity contribution is 0.202. The fraction of sp³-hybridized carbons (Fsp3) is 0.600. The van der Waals surface area contributed by atoms with Crippen LogP contribution in [0.3, 0.4) is 0 Å². The van der Waals surface area contributed by atoms with E-state index in [0.29, 0.717) is 0 Å². The summed E-state index contributed by atoms with van der Waals surface area (Å²) in [6.07, 6.45) is 3.71. The van der Waals surface area contributed by atoms with E-state index in [1.165, 1.54) is 37.2 Å². The summed E-state index contributed by atoms with van der Waals surface area (Å²) in [5, 5.41) is 3.55.